The molecule has 0 aromatic heterocycles. The number of amides is 2. The maximum atomic E-state index is 11.5. The van der Waals surface area contributed by atoms with E-state index in [4.69, 9.17) is 10.8 Å². The maximum absolute atomic E-state index is 11.5. The van der Waals surface area contributed by atoms with Crippen molar-refractivity contribution in [3.8, 4) is 0 Å². The Balaban J connectivity index is 2.48. The highest BCUT2D eigenvalue weighted by atomic mass is 16.3. The molecule has 1 aromatic rings. The zero-order valence-corrected chi connectivity index (χ0v) is 9.23. The molecule has 1 atom stereocenters. The summed E-state index contributed by atoms with van der Waals surface area (Å²) in [4.78, 5) is 11.5. The van der Waals surface area contributed by atoms with Crippen LogP contribution in [0.5, 0.6) is 0 Å². The molecule has 0 aliphatic carbocycles. The van der Waals surface area contributed by atoms with Crippen LogP contribution < -0.4 is 16.4 Å². The molecule has 1 rings (SSSR count). The highest BCUT2D eigenvalue weighted by Crippen LogP contribution is 2.10. The Labute approximate surface area is 94.7 Å². The zero-order chi connectivity index (χ0) is 12.0. The second kappa shape index (κ2) is 5.97. The first-order valence-electron chi connectivity index (χ1n) is 5.19. The number of rotatable bonds is 4. The van der Waals surface area contributed by atoms with Crippen molar-refractivity contribution < 1.29 is 9.90 Å². The highest BCUT2D eigenvalue weighted by Gasteiger charge is 2.08. The van der Waals surface area contributed by atoms with Gasteiger partial charge in [-0.1, -0.05) is 6.92 Å². The molecule has 5 N–H and O–H groups in total. The second-order valence-electron chi connectivity index (χ2n) is 3.51. The van der Waals surface area contributed by atoms with Crippen molar-refractivity contribution in [1.82, 2.24) is 5.32 Å². The number of nitrogen functional groups attached to an aromatic ring is 1. The number of aliphatic hydroxyl groups excluding tert-OH is 1. The number of carbonyl (C=O) groups is 1. The number of nitrogens with two attached hydrogens (primary N) is 1. The number of hydrogen-bond acceptors (Lipinski definition) is 3. The molecule has 0 spiro atoms. The van der Waals surface area contributed by atoms with Crippen molar-refractivity contribution >= 4 is 17.4 Å². The summed E-state index contributed by atoms with van der Waals surface area (Å²) in [5.74, 6) is 0. The fourth-order valence-corrected chi connectivity index (χ4v) is 1.20. The molecule has 0 heterocycles. The minimum absolute atomic E-state index is 0.0638. The van der Waals surface area contributed by atoms with Gasteiger partial charge >= 0.3 is 6.03 Å². The van der Waals surface area contributed by atoms with Crippen LogP contribution >= 0.6 is 0 Å². The Hall–Kier alpha value is -1.75. The van der Waals surface area contributed by atoms with Crippen molar-refractivity contribution in [1.29, 1.82) is 0 Å². The van der Waals surface area contributed by atoms with E-state index in [0.29, 0.717) is 17.8 Å². The average molecular weight is 223 g/mol. The minimum atomic E-state index is -0.328. The van der Waals surface area contributed by atoms with Gasteiger partial charge in [-0.05, 0) is 30.7 Å². The first-order chi connectivity index (χ1) is 7.65. The van der Waals surface area contributed by atoms with Gasteiger partial charge in [-0.15, -0.1) is 0 Å². The van der Waals surface area contributed by atoms with Crippen molar-refractivity contribution in [3.63, 3.8) is 0 Å². The van der Waals surface area contributed by atoms with Crippen LogP contribution in [0.4, 0.5) is 16.2 Å². The number of hydrogen-bond donors (Lipinski definition) is 4. The number of carbonyl (C=O) groups excluding carboxylic acids is 1. The van der Waals surface area contributed by atoms with Crippen LogP contribution in [0, 0.1) is 0 Å². The summed E-state index contributed by atoms with van der Waals surface area (Å²) in [6, 6.07) is 6.31. The van der Waals surface area contributed by atoms with Gasteiger partial charge in [0.05, 0.1) is 12.6 Å². The number of benzene rings is 1. The van der Waals surface area contributed by atoms with E-state index in [0.717, 1.165) is 0 Å². The molecule has 0 bridgehead atoms. The maximum Gasteiger partial charge on any atom is 0.319 e. The lowest BCUT2D eigenvalue weighted by molar-refractivity contribution is 0.222. The van der Waals surface area contributed by atoms with Crippen LogP contribution in [0.3, 0.4) is 0 Å². The van der Waals surface area contributed by atoms with Crippen LogP contribution in [0.2, 0.25) is 0 Å². The smallest absolute Gasteiger partial charge is 0.319 e. The number of urea groups is 1. The molecule has 1 aromatic carbocycles. The predicted octanol–water partition coefficient (Wildman–Crippen LogP) is 1.16. The normalized spacial score (nSPS) is 11.9. The van der Waals surface area contributed by atoms with Gasteiger partial charge in [0.2, 0.25) is 0 Å². The third-order valence-corrected chi connectivity index (χ3v) is 2.22. The Morgan fingerprint density at radius 1 is 1.44 bits per heavy atom. The van der Waals surface area contributed by atoms with E-state index in [9.17, 15) is 4.79 Å². The standard InChI is InChI=1S/C11H17N3O2/c1-2-9(7-15)13-11(16)14-10-5-3-8(12)4-6-10/h3-6,9,15H,2,7,12H2,1H3,(H2,13,14,16). The second-order valence-corrected chi connectivity index (χ2v) is 3.51. The van der Waals surface area contributed by atoms with Gasteiger partial charge < -0.3 is 21.5 Å². The molecular formula is C11H17N3O2. The van der Waals surface area contributed by atoms with E-state index in [1.807, 2.05) is 6.92 Å². The topological polar surface area (TPSA) is 87.4 Å². The lowest BCUT2D eigenvalue weighted by Gasteiger charge is -2.14. The zero-order valence-electron chi connectivity index (χ0n) is 9.23. The largest absolute Gasteiger partial charge is 0.399 e. The third kappa shape index (κ3) is 3.78. The fourth-order valence-electron chi connectivity index (χ4n) is 1.20. The van der Waals surface area contributed by atoms with Gasteiger partial charge in [0.25, 0.3) is 0 Å². The average Bonchev–Trinajstić information content (AvgIpc) is 2.29. The summed E-state index contributed by atoms with van der Waals surface area (Å²) in [7, 11) is 0. The molecule has 0 saturated carbocycles. The predicted molar refractivity (Wildman–Crippen MR) is 64.2 cm³/mol. The SMILES string of the molecule is CCC(CO)NC(=O)Nc1ccc(N)cc1. The Bertz CT molecular complexity index is 334. The molecule has 5 nitrogen and oxygen atoms in total. The van der Waals surface area contributed by atoms with Crippen LogP contribution in [-0.4, -0.2) is 23.8 Å². The molecule has 0 aliphatic rings. The molecule has 0 radical (unpaired) electrons. The molecule has 0 aliphatic heterocycles. The number of anilines is 2. The van der Waals surface area contributed by atoms with Gasteiger partial charge in [-0.25, -0.2) is 4.79 Å². The van der Waals surface area contributed by atoms with E-state index < -0.39 is 0 Å². The number of aliphatic hydroxyl groups is 1. The summed E-state index contributed by atoms with van der Waals surface area (Å²) in [5, 5.41) is 14.2. The summed E-state index contributed by atoms with van der Waals surface area (Å²) in [6.07, 6.45) is 0.686. The summed E-state index contributed by atoms with van der Waals surface area (Å²) >= 11 is 0. The quantitative estimate of drug-likeness (QED) is 0.578. The number of nitrogens with one attached hydrogen (secondary N) is 2. The first-order valence-corrected chi connectivity index (χ1v) is 5.19. The van der Waals surface area contributed by atoms with E-state index in [1.165, 1.54) is 0 Å². The van der Waals surface area contributed by atoms with E-state index in [-0.39, 0.29) is 18.7 Å². The molecule has 5 heteroatoms. The molecule has 1 unspecified atom stereocenters. The Morgan fingerprint density at radius 2 is 2.06 bits per heavy atom. The van der Waals surface area contributed by atoms with Crippen LogP contribution in [0.1, 0.15) is 13.3 Å². The highest BCUT2D eigenvalue weighted by molar-refractivity contribution is 5.89. The fraction of sp³-hybridized carbons (Fsp3) is 0.364. The Morgan fingerprint density at radius 3 is 2.56 bits per heavy atom. The molecule has 2 amide bonds. The van der Waals surface area contributed by atoms with Crippen molar-refractivity contribution in [2.24, 2.45) is 0 Å². The summed E-state index contributed by atoms with van der Waals surface area (Å²) in [5.41, 5.74) is 6.83. The first kappa shape index (κ1) is 12.3. The molecule has 16 heavy (non-hydrogen) atoms. The molecule has 88 valence electrons. The van der Waals surface area contributed by atoms with Crippen molar-refractivity contribution in [3.05, 3.63) is 24.3 Å². The molecule has 0 saturated heterocycles. The lowest BCUT2D eigenvalue weighted by atomic mass is 10.2. The van der Waals surface area contributed by atoms with Gasteiger partial charge in [0, 0.05) is 11.4 Å². The molecular weight excluding hydrogens is 206 g/mol. The minimum Gasteiger partial charge on any atom is -0.399 e. The van der Waals surface area contributed by atoms with Gasteiger partial charge in [0.1, 0.15) is 0 Å². The van der Waals surface area contributed by atoms with E-state index in [1.54, 1.807) is 24.3 Å². The summed E-state index contributed by atoms with van der Waals surface area (Å²) < 4.78 is 0. The van der Waals surface area contributed by atoms with Gasteiger partial charge in [-0.2, -0.15) is 0 Å². The van der Waals surface area contributed by atoms with Crippen LogP contribution in [-0.2, 0) is 0 Å². The van der Waals surface area contributed by atoms with Crippen LogP contribution in [0.25, 0.3) is 0 Å². The van der Waals surface area contributed by atoms with E-state index >= 15 is 0 Å². The van der Waals surface area contributed by atoms with Crippen LogP contribution in [0.15, 0.2) is 24.3 Å². The van der Waals surface area contributed by atoms with Gasteiger partial charge in [0.15, 0.2) is 0 Å². The summed E-state index contributed by atoms with van der Waals surface area (Å²) in [6.45, 7) is 1.83. The monoisotopic (exact) mass is 223 g/mol. The lowest BCUT2D eigenvalue weighted by Crippen LogP contribution is -2.39. The van der Waals surface area contributed by atoms with Gasteiger partial charge in [-0.3, -0.25) is 0 Å². The Kier molecular flexibility index (Phi) is 4.60. The van der Waals surface area contributed by atoms with Crippen molar-refractivity contribution in [2.75, 3.05) is 17.7 Å². The van der Waals surface area contributed by atoms with Crippen molar-refractivity contribution in [2.45, 2.75) is 19.4 Å². The molecule has 0 fully saturated rings. The van der Waals surface area contributed by atoms with E-state index in [2.05, 4.69) is 10.6 Å². The third-order valence-electron chi connectivity index (χ3n) is 2.22.